The maximum absolute atomic E-state index is 12.9. The molecule has 3 atom stereocenters. The lowest BCUT2D eigenvalue weighted by Gasteiger charge is -2.31. The molecule has 4 rings (SSSR count). The number of likely N-dealkylation sites (tertiary alicyclic amines) is 2. The van der Waals surface area contributed by atoms with Crippen molar-refractivity contribution in [1.29, 1.82) is 0 Å². The van der Waals surface area contributed by atoms with Crippen LogP contribution in [0.4, 0.5) is 9.93 Å². The maximum atomic E-state index is 12.9. The van der Waals surface area contributed by atoms with Crippen molar-refractivity contribution in [2.75, 3.05) is 46.6 Å². The number of carbonyl (C=O) groups excluding carboxylic acids is 2. The fourth-order valence-electron chi connectivity index (χ4n) is 4.44. The molecule has 2 fully saturated rings. The van der Waals surface area contributed by atoms with Gasteiger partial charge in [0.2, 0.25) is 0 Å². The fraction of sp³-hybridized carbons (Fsp3) is 0.450. The molecule has 2 saturated heterocycles. The number of nitrogens with two attached hydrogens (primary N) is 1. The van der Waals surface area contributed by atoms with Crippen LogP contribution in [-0.2, 0) is 0 Å². The van der Waals surface area contributed by atoms with Gasteiger partial charge in [-0.2, -0.15) is 0 Å². The maximum Gasteiger partial charge on any atom is 0.320 e. The monoisotopic (exact) mass is 415 g/mol. The van der Waals surface area contributed by atoms with E-state index in [2.05, 4.69) is 4.98 Å². The summed E-state index contributed by atoms with van der Waals surface area (Å²) in [6, 6.07) is 7.77. The molecule has 0 unspecified atom stereocenters. The molecular formula is C20H25N5O3S. The third-order valence-electron chi connectivity index (χ3n) is 5.77. The number of ether oxygens (including phenoxy) is 1. The highest BCUT2D eigenvalue weighted by Gasteiger charge is 2.50. The van der Waals surface area contributed by atoms with Gasteiger partial charge in [-0.3, -0.25) is 4.79 Å². The number of rotatable bonds is 3. The van der Waals surface area contributed by atoms with Crippen molar-refractivity contribution in [3.63, 3.8) is 0 Å². The topological polar surface area (TPSA) is 92.0 Å². The number of urea groups is 1. The zero-order chi connectivity index (χ0) is 20.7. The molecule has 29 heavy (non-hydrogen) atoms. The predicted octanol–water partition coefficient (Wildman–Crippen LogP) is 2.16. The van der Waals surface area contributed by atoms with Crippen LogP contribution in [0.15, 0.2) is 30.5 Å². The van der Waals surface area contributed by atoms with Crippen molar-refractivity contribution >= 4 is 28.4 Å². The smallest absolute Gasteiger partial charge is 0.320 e. The highest BCUT2D eigenvalue weighted by Crippen LogP contribution is 2.46. The van der Waals surface area contributed by atoms with Gasteiger partial charge in [0.05, 0.1) is 19.3 Å². The second-order valence-corrected chi connectivity index (χ2v) is 8.81. The van der Waals surface area contributed by atoms with E-state index in [0.717, 1.165) is 11.3 Å². The van der Waals surface area contributed by atoms with Crippen LogP contribution in [-0.4, -0.2) is 72.5 Å². The summed E-state index contributed by atoms with van der Waals surface area (Å²) in [5.41, 5.74) is 6.75. The lowest BCUT2D eigenvalue weighted by atomic mass is 9.89. The lowest BCUT2D eigenvalue weighted by molar-refractivity contribution is 0.0771. The largest absolute Gasteiger partial charge is 0.497 e. The number of aromatic nitrogens is 1. The van der Waals surface area contributed by atoms with E-state index < -0.39 is 0 Å². The molecule has 2 aromatic rings. The minimum absolute atomic E-state index is 0.00618. The molecule has 3 heterocycles. The molecule has 8 nitrogen and oxygen atoms in total. The number of nitrogens with zero attached hydrogens (tertiary/aromatic N) is 4. The highest BCUT2D eigenvalue weighted by atomic mass is 32.1. The quantitative estimate of drug-likeness (QED) is 0.829. The van der Waals surface area contributed by atoms with Crippen LogP contribution in [0.2, 0.25) is 0 Å². The van der Waals surface area contributed by atoms with E-state index in [1.807, 2.05) is 34.1 Å². The van der Waals surface area contributed by atoms with Gasteiger partial charge in [0.15, 0.2) is 5.13 Å². The van der Waals surface area contributed by atoms with Crippen LogP contribution in [0.3, 0.4) is 0 Å². The molecule has 0 aliphatic carbocycles. The number of amides is 3. The Hall–Kier alpha value is -2.81. The van der Waals surface area contributed by atoms with Crippen molar-refractivity contribution < 1.29 is 14.3 Å². The van der Waals surface area contributed by atoms with Gasteiger partial charge in [-0.05, 0) is 17.7 Å². The Balaban J connectivity index is 1.60. The Morgan fingerprint density at radius 3 is 2.52 bits per heavy atom. The van der Waals surface area contributed by atoms with E-state index in [1.54, 1.807) is 32.3 Å². The van der Waals surface area contributed by atoms with Crippen molar-refractivity contribution in [2.45, 2.75) is 6.04 Å². The Labute approximate surface area is 173 Å². The number of methoxy groups -OCH3 is 1. The van der Waals surface area contributed by atoms with E-state index in [-0.39, 0.29) is 29.8 Å². The Kier molecular flexibility index (Phi) is 5.08. The third-order valence-corrected chi connectivity index (χ3v) is 6.59. The first-order valence-corrected chi connectivity index (χ1v) is 10.3. The first-order chi connectivity index (χ1) is 13.9. The average Bonchev–Trinajstić information content (AvgIpc) is 3.40. The molecule has 1 aromatic carbocycles. The Morgan fingerprint density at radius 2 is 1.93 bits per heavy atom. The molecule has 3 amide bonds. The molecular weight excluding hydrogens is 390 g/mol. The molecule has 154 valence electrons. The molecule has 0 spiro atoms. The van der Waals surface area contributed by atoms with Crippen LogP contribution < -0.4 is 10.5 Å². The summed E-state index contributed by atoms with van der Waals surface area (Å²) in [6.45, 7) is 1.87. The Morgan fingerprint density at radius 1 is 1.21 bits per heavy atom. The first-order valence-electron chi connectivity index (χ1n) is 9.51. The SMILES string of the molecule is COc1ccc([C@H]2[C@@H]3CN(C(=O)c4cnc(N)s4)C[C@@H]3CN2C(=O)N(C)C)cc1. The Bertz CT molecular complexity index is 913. The van der Waals surface area contributed by atoms with Crippen LogP contribution in [0.1, 0.15) is 21.3 Å². The zero-order valence-corrected chi connectivity index (χ0v) is 17.6. The molecule has 0 radical (unpaired) electrons. The van der Waals surface area contributed by atoms with Crippen molar-refractivity contribution in [1.82, 2.24) is 19.7 Å². The molecule has 9 heteroatoms. The van der Waals surface area contributed by atoms with Gasteiger partial charge in [-0.25, -0.2) is 9.78 Å². The van der Waals surface area contributed by atoms with Gasteiger partial charge >= 0.3 is 6.03 Å². The van der Waals surface area contributed by atoms with E-state index >= 15 is 0 Å². The van der Waals surface area contributed by atoms with Crippen LogP contribution in [0.25, 0.3) is 0 Å². The second-order valence-electron chi connectivity index (χ2n) is 7.74. The summed E-state index contributed by atoms with van der Waals surface area (Å²) in [7, 11) is 5.17. The summed E-state index contributed by atoms with van der Waals surface area (Å²) in [5, 5.41) is 0.395. The standard InChI is InChI=1S/C20H25N5O3S/c1-23(2)20(27)25-10-13-9-24(18(26)16-8-22-19(21)29-16)11-15(13)17(25)12-4-6-14(28-3)7-5-12/h4-8,13,15,17H,9-11H2,1-3H3,(H2,21,22)/t13-,15-,17+/m1/s1. The number of hydrogen-bond donors (Lipinski definition) is 1. The van der Waals surface area contributed by atoms with Gasteiger partial charge in [0.1, 0.15) is 10.6 Å². The van der Waals surface area contributed by atoms with Gasteiger partial charge in [-0.1, -0.05) is 23.5 Å². The van der Waals surface area contributed by atoms with E-state index in [4.69, 9.17) is 10.5 Å². The van der Waals surface area contributed by atoms with Crippen molar-refractivity contribution in [2.24, 2.45) is 11.8 Å². The normalized spacial score (nSPS) is 23.2. The summed E-state index contributed by atoms with van der Waals surface area (Å²) >= 11 is 1.21. The number of carbonyl (C=O) groups is 2. The number of anilines is 1. The fourth-order valence-corrected chi connectivity index (χ4v) is 5.09. The van der Waals surface area contributed by atoms with Crippen molar-refractivity contribution in [3.8, 4) is 5.75 Å². The summed E-state index contributed by atoms with van der Waals surface area (Å²) in [6.07, 6.45) is 1.54. The average molecular weight is 416 g/mol. The second kappa shape index (κ2) is 7.55. The lowest BCUT2D eigenvalue weighted by Crippen LogP contribution is -2.42. The van der Waals surface area contributed by atoms with Crippen LogP contribution >= 0.6 is 11.3 Å². The number of benzene rings is 1. The number of hydrogen-bond acceptors (Lipinski definition) is 6. The molecule has 0 saturated carbocycles. The minimum atomic E-state index is -0.0786. The van der Waals surface area contributed by atoms with E-state index in [9.17, 15) is 9.59 Å². The summed E-state index contributed by atoms with van der Waals surface area (Å²) in [5.74, 6) is 1.16. The number of nitrogen functional groups attached to an aromatic ring is 1. The molecule has 2 aliphatic rings. The number of thiazole rings is 1. The highest BCUT2D eigenvalue weighted by molar-refractivity contribution is 7.17. The van der Waals surface area contributed by atoms with Gasteiger partial charge in [-0.15, -0.1) is 0 Å². The molecule has 1 aromatic heterocycles. The molecule has 2 N–H and O–H groups in total. The molecule has 0 bridgehead atoms. The first kappa shape index (κ1) is 19.5. The van der Waals surface area contributed by atoms with E-state index in [1.165, 1.54) is 11.3 Å². The van der Waals surface area contributed by atoms with Crippen molar-refractivity contribution in [3.05, 3.63) is 40.9 Å². The van der Waals surface area contributed by atoms with Crippen LogP contribution in [0.5, 0.6) is 5.75 Å². The van der Waals surface area contributed by atoms with E-state index in [0.29, 0.717) is 29.6 Å². The zero-order valence-electron chi connectivity index (χ0n) is 16.7. The summed E-state index contributed by atoms with van der Waals surface area (Å²) in [4.78, 5) is 35.7. The molecule has 2 aliphatic heterocycles. The van der Waals surface area contributed by atoms with Gasteiger partial charge in [0.25, 0.3) is 5.91 Å². The van der Waals surface area contributed by atoms with Gasteiger partial charge in [0, 0.05) is 45.6 Å². The minimum Gasteiger partial charge on any atom is -0.497 e. The summed E-state index contributed by atoms with van der Waals surface area (Å²) < 4.78 is 5.27. The van der Waals surface area contributed by atoms with Crippen LogP contribution in [0, 0.1) is 11.8 Å². The third kappa shape index (κ3) is 3.50. The number of fused-ring (bicyclic) bond motifs is 1. The van der Waals surface area contributed by atoms with Gasteiger partial charge < -0.3 is 25.2 Å². The predicted molar refractivity (Wildman–Crippen MR) is 111 cm³/mol.